The smallest absolute Gasteiger partial charge is 0.307 e. The Morgan fingerprint density at radius 3 is 2.78 bits per heavy atom. The van der Waals surface area contributed by atoms with Crippen LogP contribution in [0, 0.1) is 17.6 Å². The highest BCUT2D eigenvalue weighted by Gasteiger charge is 2.33. The van der Waals surface area contributed by atoms with Crippen LogP contribution in [0.25, 0.3) is 0 Å². The van der Waals surface area contributed by atoms with Gasteiger partial charge in [0.1, 0.15) is 11.6 Å². The summed E-state index contributed by atoms with van der Waals surface area (Å²) in [5.74, 6) is -2.69. The van der Waals surface area contributed by atoms with Gasteiger partial charge in [0.25, 0.3) is 0 Å². The third kappa shape index (κ3) is 2.22. The summed E-state index contributed by atoms with van der Waals surface area (Å²) in [4.78, 5) is 10.8. The Bertz CT molecular complexity index is 476. The molecule has 1 aromatic carbocycles. The van der Waals surface area contributed by atoms with Crippen LogP contribution in [0.2, 0.25) is 0 Å². The molecule has 98 valence electrons. The molecule has 1 heterocycles. The summed E-state index contributed by atoms with van der Waals surface area (Å²) in [6, 6.07) is 2.11. The van der Waals surface area contributed by atoms with Crippen LogP contribution < -0.4 is 5.32 Å². The number of carboxylic acids is 1. The second kappa shape index (κ2) is 5.02. The van der Waals surface area contributed by atoms with Crippen molar-refractivity contribution in [3.8, 4) is 0 Å². The van der Waals surface area contributed by atoms with Gasteiger partial charge < -0.3 is 10.4 Å². The number of carbonyl (C=O) groups is 1. The lowest BCUT2D eigenvalue weighted by molar-refractivity contribution is -0.141. The predicted molar refractivity (Wildman–Crippen MR) is 62.2 cm³/mol. The van der Waals surface area contributed by atoms with Gasteiger partial charge >= 0.3 is 5.97 Å². The zero-order valence-corrected chi connectivity index (χ0v) is 10.0. The van der Waals surface area contributed by atoms with Gasteiger partial charge in [0, 0.05) is 18.2 Å². The molecule has 0 aromatic heterocycles. The third-order valence-electron chi connectivity index (χ3n) is 3.42. The fourth-order valence-electron chi connectivity index (χ4n) is 2.35. The quantitative estimate of drug-likeness (QED) is 0.871. The molecular formula is C13H15F2NO2. The van der Waals surface area contributed by atoms with Gasteiger partial charge in [-0.1, -0.05) is 13.0 Å². The second-order valence-electron chi connectivity index (χ2n) is 4.52. The van der Waals surface area contributed by atoms with E-state index in [1.165, 1.54) is 12.1 Å². The van der Waals surface area contributed by atoms with Gasteiger partial charge in [-0.05, 0) is 24.5 Å². The molecule has 0 radical (unpaired) electrons. The van der Waals surface area contributed by atoms with Crippen LogP contribution in [0.3, 0.4) is 0 Å². The van der Waals surface area contributed by atoms with Crippen LogP contribution in [0.1, 0.15) is 30.5 Å². The number of benzene rings is 1. The van der Waals surface area contributed by atoms with E-state index in [0.717, 1.165) is 0 Å². The maximum Gasteiger partial charge on any atom is 0.307 e. The van der Waals surface area contributed by atoms with Crippen molar-refractivity contribution in [3.05, 3.63) is 34.9 Å². The molecule has 0 spiro atoms. The number of carboxylic acid groups (broad SMARTS) is 1. The van der Waals surface area contributed by atoms with Crippen molar-refractivity contribution in [1.29, 1.82) is 0 Å². The highest BCUT2D eigenvalue weighted by molar-refractivity contribution is 5.70. The van der Waals surface area contributed by atoms with Crippen molar-refractivity contribution >= 4 is 5.97 Å². The number of hydrogen-bond acceptors (Lipinski definition) is 2. The number of rotatable bonds is 3. The second-order valence-corrected chi connectivity index (χ2v) is 4.52. The Morgan fingerprint density at radius 2 is 2.22 bits per heavy atom. The molecule has 1 aliphatic rings. The molecule has 1 fully saturated rings. The topological polar surface area (TPSA) is 49.3 Å². The minimum atomic E-state index is -0.933. The van der Waals surface area contributed by atoms with E-state index in [-0.39, 0.29) is 18.5 Å². The summed E-state index contributed by atoms with van der Waals surface area (Å²) < 4.78 is 27.8. The van der Waals surface area contributed by atoms with Crippen LogP contribution in [0.5, 0.6) is 0 Å². The highest BCUT2D eigenvalue weighted by atomic mass is 19.1. The van der Waals surface area contributed by atoms with Crippen LogP contribution in [-0.2, 0) is 11.2 Å². The van der Waals surface area contributed by atoms with Crippen LogP contribution in [-0.4, -0.2) is 17.6 Å². The molecule has 2 N–H and O–H groups in total. The van der Waals surface area contributed by atoms with E-state index in [4.69, 9.17) is 5.11 Å². The normalized spacial score (nSPS) is 23.3. The highest BCUT2D eigenvalue weighted by Crippen LogP contribution is 2.32. The largest absolute Gasteiger partial charge is 0.481 e. The van der Waals surface area contributed by atoms with Crippen molar-refractivity contribution in [2.24, 2.45) is 5.92 Å². The number of hydrogen-bond donors (Lipinski definition) is 2. The molecule has 1 saturated heterocycles. The molecule has 0 aliphatic carbocycles. The van der Waals surface area contributed by atoms with Gasteiger partial charge in [-0.25, -0.2) is 8.78 Å². The molecule has 1 aliphatic heterocycles. The maximum absolute atomic E-state index is 14.1. The van der Waals surface area contributed by atoms with E-state index in [1.54, 1.807) is 6.92 Å². The SMILES string of the molecule is CCc1ccc(F)c(C2CC(C(=O)O)CN2)c1F. The lowest BCUT2D eigenvalue weighted by atomic mass is 9.96. The minimum Gasteiger partial charge on any atom is -0.481 e. The molecule has 3 nitrogen and oxygen atoms in total. The molecule has 5 heteroatoms. The van der Waals surface area contributed by atoms with Gasteiger partial charge in [0.05, 0.1) is 5.92 Å². The molecule has 1 aromatic rings. The lowest BCUT2D eigenvalue weighted by Crippen LogP contribution is -2.18. The molecule has 0 amide bonds. The van der Waals surface area contributed by atoms with Gasteiger partial charge in [0.2, 0.25) is 0 Å². The monoisotopic (exact) mass is 255 g/mol. The van der Waals surface area contributed by atoms with Crippen LogP contribution in [0.15, 0.2) is 12.1 Å². The summed E-state index contributed by atoms with van der Waals surface area (Å²) in [6.07, 6.45) is 0.699. The summed E-state index contributed by atoms with van der Waals surface area (Å²) in [5, 5.41) is 11.8. The Balaban J connectivity index is 2.32. The molecule has 2 atom stereocenters. The first-order valence-corrected chi connectivity index (χ1v) is 5.97. The number of aliphatic carboxylic acids is 1. The van der Waals surface area contributed by atoms with E-state index < -0.39 is 29.6 Å². The Labute approximate surface area is 104 Å². The molecule has 0 bridgehead atoms. The first-order valence-electron chi connectivity index (χ1n) is 5.97. The van der Waals surface area contributed by atoms with E-state index in [2.05, 4.69) is 5.32 Å². The molecule has 2 rings (SSSR count). The van der Waals surface area contributed by atoms with Crippen molar-refractivity contribution in [1.82, 2.24) is 5.32 Å². The van der Waals surface area contributed by atoms with E-state index in [0.29, 0.717) is 12.0 Å². The zero-order chi connectivity index (χ0) is 13.3. The Kier molecular flexibility index (Phi) is 3.61. The number of halogens is 2. The van der Waals surface area contributed by atoms with Crippen molar-refractivity contribution in [3.63, 3.8) is 0 Å². The first kappa shape index (κ1) is 13.0. The molecular weight excluding hydrogens is 240 g/mol. The first-order chi connectivity index (χ1) is 8.54. The van der Waals surface area contributed by atoms with Gasteiger partial charge in [-0.3, -0.25) is 4.79 Å². The molecule has 0 saturated carbocycles. The van der Waals surface area contributed by atoms with Gasteiger partial charge in [0.15, 0.2) is 0 Å². The van der Waals surface area contributed by atoms with E-state index >= 15 is 0 Å². The van der Waals surface area contributed by atoms with E-state index in [1.807, 2.05) is 0 Å². The van der Waals surface area contributed by atoms with Crippen molar-refractivity contribution in [2.45, 2.75) is 25.8 Å². The fraction of sp³-hybridized carbons (Fsp3) is 0.462. The summed E-state index contributed by atoms with van der Waals surface area (Å²) in [7, 11) is 0. The standard InChI is InChI=1S/C13H15F2NO2/c1-2-7-3-4-9(14)11(12(7)15)10-5-8(6-16-10)13(17)18/h3-4,8,10,16H,2,5-6H2,1H3,(H,17,18). The summed E-state index contributed by atoms with van der Waals surface area (Å²) in [6.45, 7) is 2.04. The van der Waals surface area contributed by atoms with Crippen molar-refractivity contribution < 1.29 is 18.7 Å². The summed E-state index contributed by atoms with van der Waals surface area (Å²) >= 11 is 0. The number of nitrogens with one attached hydrogen (secondary N) is 1. The molecule has 18 heavy (non-hydrogen) atoms. The van der Waals surface area contributed by atoms with Crippen molar-refractivity contribution in [2.75, 3.05) is 6.54 Å². The average molecular weight is 255 g/mol. The minimum absolute atomic E-state index is 0.0295. The Morgan fingerprint density at radius 1 is 1.50 bits per heavy atom. The Hall–Kier alpha value is -1.49. The van der Waals surface area contributed by atoms with E-state index in [9.17, 15) is 13.6 Å². The summed E-state index contributed by atoms with van der Waals surface area (Å²) in [5.41, 5.74) is 0.421. The van der Waals surface area contributed by atoms with Gasteiger partial charge in [-0.15, -0.1) is 0 Å². The predicted octanol–water partition coefficient (Wildman–Crippen LogP) is 2.26. The van der Waals surface area contributed by atoms with Gasteiger partial charge in [-0.2, -0.15) is 0 Å². The number of aryl methyl sites for hydroxylation is 1. The molecule has 2 unspecified atom stereocenters. The third-order valence-corrected chi connectivity index (χ3v) is 3.42. The average Bonchev–Trinajstić information content (AvgIpc) is 2.79. The fourth-order valence-corrected chi connectivity index (χ4v) is 2.35. The zero-order valence-electron chi connectivity index (χ0n) is 10.0. The maximum atomic E-state index is 14.1. The van der Waals surface area contributed by atoms with Crippen LogP contribution in [0.4, 0.5) is 8.78 Å². The lowest BCUT2D eigenvalue weighted by Gasteiger charge is -2.15. The van der Waals surface area contributed by atoms with Crippen LogP contribution >= 0.6 is 0 Å².